The molecule has 1 aromatic carbocycles. The summed E-state index contributed by atoms with van der Waals surface area (Å²) in [5.41, 5.74) is 0.360. The minimum absolute atomic E-state index is 0.170. The molecule has 1 fully saturated rings. The summed E-state index contributed by atoms with van der Waals surface area (Å²) in [6.45, 7) is 4.37. The average molecular weight is 319 g/mol. The van der Waals surface area contributed by atoms with Gasteiger partial charge in [0.1, 0.15) is 11.6 Å². The summed E-state index contributed by atoms with van der Waals surface area (Å²) in [5.74, 6) is -0.794. The second kappa shape index (κ2) is 5.97. The first kappa shape index (κ1) is 13.7. The largest absolute Gasteiger partial charge is 0.366 e. The molecule has 1 atom stereocenters. The van der Waals surface area contributed by atoms with E-state index in [2.05, 4.69) is 28.2 Å². The van der Waals surface area contributed by atoms with Gasteiger partial charge in [-0.15, -0.1) is 0 Å². The number of anilines is 1. The SMILES string of the molecule is CCCC1CN(c2cc(F)c(Br)cc2F)CCN1. The Morgan fingerprint density at radius 3 is 2.89 bits per heavy atom. The lowest BCUT2D eigenvalue weighted by Gasteiger charge is -2.35. The van der Waals surface area contributed by atoms with Gasteiger partial charge in [-0.05, 0) is 28.4 Å². The predicted octanol–water partition coefficient (Wildman–Crippen LogP) is 3.31. The van der Waals surface area contributed by atoms with Crippen molar-refractivity contribution in [3.63, 3.8) is 0 Å². The van der Waals surface area contributed by atoms with E-state index in [1.54, 1.807) is 0 Å². The molecule has 18 heavy (non-hydrogen) atoms. The van der Waals surface area contributed by atoms with E-state index in [0.717, 1.165) is 25.9 Å². The molecule has 0 saturated carbocycles. The first-order chi connectivity index (χ1) is 8.61. The lowest BCUT2D eigenvalue weighted by molar-refractivity contribution is 0.427. The molecular weight excluding hydrogens is 302 g/mol. The minimum atomic E-state index is -0.419. The van der Waals surface area contributed by atoms with Gasteiger partial charge in [0.15, 0.2) is 0 Å². The van der Waals surface area contributed by atoms with Gasteiger partial charge in [-0.1, -0.05) is 13.3 Å². The molecule has 0 spiro atoms. The molecule has 100 valence electrons. The van der Waals surface area contributed by atoms with E-state index >= 15 is 0 Å². The highest BCUT2D eigenvalue weighted by Crippen LogP contribution is 2.27. The number of hydrogen-bond donors (Lipinski definition) is 1. The van der Waals surface area contributed by atoms with Crippen molar-refractivity contribution in [2.24, 2.45) is 0 Å². The molecule has 1 heterocycles. The zero-order chi connectivity index (χ0) is 13.1. The Balaban J connectivity index is 2.18. The van der Waals surface area contributed by atoms with Crippen LogP contribution in [0, 0.1) is 11.6 Å². The van der Waals surface area contributed by atoms with Crippen LogP contribution in [0.15, 0.2) is 16.6 Å². The highest BCUT2D eigenvalue weighted by molar-refractivity contribution is 9.10. The summed E-state index contributed by atoms with van der Waals surface area (Å²) in [5, 5.41) is 3.40. The maximum absolute atomic E-state index is 13.9. The zero-order valence-electron chi connectivity index (χ0n) is 10.3. The molecule has 1 N–H and O–H groups in total. The molecule has 0 amide bonds. The van der Waals surface area contributed by atoms with Gasteiger partial charge in [0, 0.05) is 31.7 Å². The Bertz CT molecular complexity index is 424. The number of nitrogens with one attached hydrogen (secondary N) is 1. The molecule has 0 radical (unpaired) electrons. The van der Waals surface area contributed by atoms with Gasteiger partial charge in [0.2, 0.25) is 0 Å². The maximum atomic E-state index is 13.9. The fourth-order valence-corrected chi connectivity index (χ4v) is 2.66. The molecule has 1 aliphatic rings. The summed E-state index contributed by atoms with van der Waals surface area (Å²) in [6, 6.07) is 2.82. The molecule has 0 aromatic heterocycles. The fourth-order valence-electron chi connectivity index (χ4n) is 2.34. The normalized spacial score (nSPS) is 20.2. The van der Waals surface area contributed by atoms with Crippen molar-refractivity contribution in [2.45, 2.75) is 25.8 Å². The molecule has 1 saturated heterocycles. The maximum Gasteiger partial charge on any atom is 0.147 e. The van der Waals surface area contributed by atoms with E-state index in [9.17, 15) is 8.78 Å². The van der Waals surface area contributed by atoms with Gasteiger partial charge in [-0.3, -0.25) is 0 Å². The lowest BCUT2D eigenvalue weighted by atomic mass is 10.1. The summed E-state index contributed by atoms with van der Waals surface area (Å²) < 4.78 is 27.5. The Hall–Kier alpha value is -0.680. The van der Waals surface area contributed by atoms with Crippen molar-refractivity contribution in [1.82, 2.24) is 5.32 Å². The van der Waals surface area contributed by atoms with Crippen LogP contribution in [0.25, 0.3) is 0 Å². The third kappa shape index (κ3) is 3.01. The summed E-state index contributed by atoms with van der Waals surface area (Å²) in [7, 11) is 0. The molecule has 1 aromatic rings. The smallest absolute Gasteiger partial charge is 0.147 e. The Morgan fingerprint density at radius 2 is 2.17 bits per heavy atom. The number of nitrogens with zero attached hydrogens (tertiary/aromatic N) is 1. The van der Waals surface area contributed by atoms with Crippen molar-refractivity contribution in [3.05, 3.63) is 28.2 Å². The number of halogens is 3. The van der Waals surface area contributed by atoms with Crippen LogP contribution in [0.1, 0.15) is 19.8 Å². The number of rotatable bonds is 3. The zero-order valence-corrected chi connectivity index (χ0v) is 11.9. The van der Waals surface area contributed by atoms with E-state index < -0.39 is 5.82 Å². The lowest BCUT2D eigenvalue weighted by Crippen LogP contribution is -2.50. The van der Waals surface area contributed by atoms with Crippen LogP contribution in [0.5, 0.6) is 0 Å². The monoisotopic (exact) mass is 318 g/mol. The van der Waals surface area contributed by atoms with Crippen LogP contribution < -0.4 is 10.2 Å². The van der Waals surface area contributed by atoms with Crippen molar-refractivity contribution in [1.29, 1.82) is 0 Å². The van der Waals surface area contributed by atoms with Crippen LogP contribution >= 0.6 is 15.9 Å². The van der Waals surface area contributed by atoms with Gasteiger partial charge in [-0.2, -0.15) is 0 Å². The summed E-state index contributed by atoms with van der Waals surface area (Å²) >= 11 is 3.00. The predicted molar refractivity (Wildman–Crippen MR) is 73.0 cm³/mol. The minimum Gasteiger partial charge on any atom is -0.366 e. The Morgan fingerprint density at radius 1 is 1.39 bits per heavy atom. The van der Waals surface area contributed by atoms with E-state index in [1.807, 2.05) is 4.90 Å². The Labute approximate surface area is 114 Å². The topological polar surface area (TPSA) is 15.3 Å². The number of piperazine rings is 1. The average Bonchev–Trinajstić information content (AvgIpc) is 2.34. The standard InChI is InChI=1S/C13H17BrF2N2/c1-2-3-9-8-18(5-4-17-9)13-7-11(15)10(14)6-12(13)16/h6-7,9,17H,2-5,8H2,1H3. The molecule has 5 heteroatoms. The first-order valence-corrected chi connectivity index (χ1v) is 7.04. The van der Waals surface area contributed by atoms with Crippen molar-refractivity contribution >= 4 is 21.6 Å². The molecule has 2 nitrogen and oxygen atoms in total. The third-order valence-electron chi connectivity index (χ3n) is 3.22. The second-order valence-electron chi connectivity index (χ2n) is 4.60. The quantitative estimate of drug-likeness (QED) is 0.860. The van der Waals surface area contributed by atoms with Crippen LogP contribution in [0.3, 0.4) is 0 Å². The van der Waals surface area contributed by atoms with Gasteiger partial charge in [0.05, 0.1) is 10.2 Å². The molecule has 1 aliphatic heterocycles. The molecule has 1 unspecified atom stereocenters. The van der Waals surface area contributed by atoms with Gasteiger partial charge < -0.3 is 10.2 Å². The fraction of sp³-hybridized carbons (Fsp3) is 0.538. The summed E-state index contributed by atoms with van der Waals surface area (Å²) in [6.07, 6.45) is 2.14. The first-order valence-electron chi connectivity index (χ1n) is 6.24. The molecule has 0 aliphatic carbocycles. The molecule has 0 bridgehead atoms. The van der Waals surface area contributed by atoms with Crippen LogP contribution in [0.4, 0.5) is 14.5 Å². The highest BCUT2D eigenvalue weighted by Gasteiger charge is 2.22. The van der Waals surface area contributed by atoms with Crippen LogP contribution in [-0.4, -0.2) is 25.7 Å². The summed E-state index contributed by atoms with van der Waals surface area (Å²) in [4.78, 5) is 1.92. The van der Waals surface area contributed by atoms with Crippen molar-refractivity contribution in [2.75, 3.05) is 24.5 Å². The third-order valence-corrected chi connectivity index (χ3v) is 3.83. The molecular formula is C13H17BrF2N2. The van der Waals surface area contributed by atoms with Crippen LogP contribution in [0.2, 0.25) is 0 Å². The highest BCUT2D eigenvalue weighted by atomic mass is 79.9. The number of hydrogen-bond acceptors (Lipinski definition) is 2. The Kier molecular flexibility index (Phi) is 4.56. The van der Waals surface area contributed by atoms with E-state index in [0.29, 0.717) is 18.3 Å². The van der Waals surface area contributed by atoms with Crippen molar-refractivity contribution in [3.8, 4) is 0 Å². The van der Waals surface area contributed by atoms with E-state index in [1.165, 1.54) is 12.1 Å². The molecule has 2 rings (SSSR count). The van der Waals surface area contributed by atoms with Gasteiger partial charge >= 0.3 is 0 Å². The van der Waals surface area contributed by atoms with Crippen LogP contribution in [-0.2, 0) is 0 Å². The second-order valence-corrected chi connectivity index (χ2v) is 5.46. The number of benzene rings is 1. The van der Waals surface area contributed by atoms with Gasteiger partial charge in [0.25, 0.3) is 0 Å². The van der Waals surface area contributed by atoms with E-state index in [4.69, 9.17) is 0 Å². The van der Waals surface area contributed by atoms with Crippen molar-refractivity contribution < 1.29 is 8.78 Å². The van der Waals surface area contributed by atoms with Gasteiger partial charge in [-0.25, -0.2) is 8.78 Å². The van der Waals surface area contributed by atoms with E-state index in [-0.39, 0.29) is 10.3 Å².